The van der Waals surface area contributed by atoms with E-state index < -0.39 is 41.6 Å². The number of nitrogens with zero attached hydrogens (tertiary/aromatic N) is 6. The molecule has 0 bridgehead atoms. The number of carbonyl (C=O) groups is 6. The number of ketones is 3. The molecule has 6 aliphatic rings. The summed E-state index contributed by atoms with van der Waals surface area (Å²) in [5.41, 5.74) is 7.68. The third-order valence-electron chi connectivity index (χ3n) is 22.5. The zero-order valence-electron chi connectivity index (χ0n) is 64.1. The molecule has 3 aromatic heterocycles. The zero-order valence-corrected chi connectivity index (χ0v) is 68.2. The van der Waals surface area contributed by atoms with Crippen molar-refractivity contribution in [2.75, 3.05) is 122 Å². The van der Waals surface area contributed by atoms with Crippen molar-refractivity contribution >= 4 is 148 Å². The molecule has 3 amide bonds. The Balaban J connectivity index is 0.000000142. The van der Waals surface area contributed by atoms with Gasteiger partial charge in [0.25, 0.3) is 37.8 Å². The predicted octanol–water partition coefficient (Wildman–Crippen LogP) is 12.7. The van der Waals surface area contributed by atoms with Crippen LogP contribution < -0.4 is 25.1 Å². The maximum absolute atomic E-state index is 13.6. The molecule has 598 valence electrons. The number of piperidine rings is 3. The summed E-state index contributed by atoms with van der Waals surface area (Å²) in [5.74, 6) is -0.740. The summed E-state index contributed by atoms with van der Waals surface area (Å²) in [6, 6.07) is 38.4. The van der Waals surface area contributed by atoms with E-state index in [9.17, 15) is 58.8 Å². The summed E-state index contributed by atoms with van der Waals surface area (Å²) in [6.45, 7) is 6.97. The van der Waals surface area contributed by atoms with Crippen LogP contribution in [0.1, 0.15) is 111 Å². The van der Waals surface area contributed by atoms with Gasteiger partial charge in [0.05, 0.1) is 29.1 Å². The number of aryl methyl sites for hydroxylation is 1. The van der Waals surface area contributed by atoms with E-state index in [0.717, 1.165) is 78.1 Å². The molecule has 6 aliphatic heterocycles. The van der Waals surface area contributed by atoms with E-state index in [0.29, 0.717) is 152 Å². The summed E-state index contributed by atoms with van der Waals surface area (Å²) in [5, 5.41) is 9.22. The Hall–Kier alpha value is -9.24. The maximum atomic E-state index is 13.6. The third kappa shape index (κ3) is 16.1. The smallest absolute Gasteiger partial charge is 0.336 e. The van der Waals surface area contributed by atoms with Crippen molar-refractivity contribution in [3.63, 3.8) is 0 Å². The Morgan fingerprint density at radius 3 is 1.47 bits per heavy atom. The maximum Gasteiger partial charge on any atom is 0.336 e. The summed E-state index contributed by atoms with van der Waals surface area (Å²) >= 11 is 2.39. The number of hydrogen-bond donors (Lipinski definition) is 0. The molecule has 0 spiro atoms. The highest BCUT2D eigenvalue weighted by atomic mass is 32.3. The summed E-state index contributed by atoms with van der Waals surface area (Å²) < 4.78 is 110. The monoisotopic (exact) mass is 1640 g/mol. The topological polar surface area (TPSA) is 291 Å². The number of anilines is 3. The van der Waals surface area contributed by atoms with E-state index >= 15 is 0 Å². The Kier molecular flexibility index (Phi) is 24.7. The van der Waals surface area contributed by atoms with Crippen LogP contribution in [0.4, 0.5) is 17.1 Å². The van der Waals surface area contributed by atoms with Crippen LogP contribution in [0.2, 0.25) is 0 Å². The fraction of sp³-hybridized carbons (Fsp3) is 0.376. The lowest BCUT2D eigenvalue weighted by atomic mass is 9.87. The lowest BCUT2D eigenvalue weighted by Crippen LogP contribution is -2.42. The average Bonchev–Trinajstić information content (AvgIpc) is 1.58. The molecule has 3 saturated heterocycles. The van der Waals surface area contributed by atoms with E-state index in [2.05, 4.69) is 0 Å². The van der Waals surface area contributed by atoms with Gasteiger partial charge in [-0.25, -0.2) is 30.0 Å². The second kappa shape index (κ2) is 34.7. The van der Waals surface area contributed by atoms with Crippen LogP contribution in [-0.4, -0.2) is 180 Å². The van der Waals surface area contributed by atoms with Gasteiger partial charge in [-0.15, -0.1) is 22.7 Å². The number of thiophene rings is 2. The van der Waals surface area contributed by atoms with Crippen LogP contribution in [0.3, 0.4) is 0 Å². The lowest BCUT2D eigenvalue weighted by Gasteiger charge is -2.31. The molecule has 10 aromatic rings. The summed E-state index contributed by atoms with van der Waals surface area (Å²) in [4.78, 5) is 97.0. The van der Waals surface area contributed by atoms with E-state index in [-0.39, 0.29) is 90.7 Å². The molecule has 0 N–H and O–H groups in total. The molecule has 114 heavy (non-hydrogen) atoms. The zero-order chi connectivity index (χ0) is 80.3. The molecule has 3 unspecified atom stereocenters. The molecule has 0 saturated carbocycles. The van der Waals surface area contributed by atoms with Gasteiger partial charge < -0.3 is 38.1 Å². The highest BCUT2D eigenvalue weighted by Crippen LogP contribution is 2.47. The standard InChI is InChI=1S/C31H30N2O7S.C27H30N2O6S2.C27H30N2O5S2/c1-39-16-4-15-33-26-11-8-20(24-6-2-7-25(30(24)26)31(33)36)18-27(34)22-5-3-14-32(19-22)41(37,38)23-10-12-28-21(17-23)9-13-29(35)40-28;1-34-13-6-12-29-26-23(35-2)16-19(20-8-3-9-21(25(20)26)27(29)31)15-22(30)18-7-4-11-28(17-18)37(32,33)24-10-5-14-36-24;1-18-15-23-26-20(8-3-9-21(26)27(31)29(23)12-6-13-34-2)22(18)16-24(30)19-7-4-11-28(17-19)36(32,33)25-10-5-14-35-25/h2,6-13,17,22H,3-5,14-16,18-19H2,1H3;3,5,8-10,14,16,18H,4,6-7,11-13,15,17H2,1-2H3;3,5,8-10,14-15,19H,4,6-7,11-13,16-17H2,1-2H3. The van der Waals surface area contributed by atoms with Crippen molar-refractivity contribution in [3.05, 3.63) is 194 Å². The number of methoxy groups -OCH3 is 4. The van der Waals surface area contributed by atoms with Gasteiger partial charge in [-0.05, 0) is 187 Å². The van der Waals surface area contributed by atoms with Crippen LogP contribution in [0.5, 0.6) is 5.75 Å². The average molecular weight is 1640 g/mol. The van der Waals surface area contributed by atoms with E-state index in [1.165, 1.54) is 65.9 Å². The predicted molar refractivity (Wildman–Crippen MR) is 439 cm³/mol. The molecule has 0 radical (unpaired) electrons. The van der Waals surface area contributed by atoms with Crippen molar-refractivity contribution in [1.82, 2.24) is 12.9 Å². The lowest BCUT2D eigenvalue weighted by molar-refractivity contribution is -0.124. The summed E-state index contributed by atoms with van der Waals surface area (Å²) in [6.07, 6.45) is 6.49. The first kappa shape index (κ1) is 81.3. The van der Waals surface area contributed by atoms with Crippen LogP contribution in [0, 0.1) is 24.7 Å². The second-order valence-corrected chi connectivity index (χ2v) is 37.6. The van der Waals surface area contributed by atoms with Crippen molar-refractivity contribution in [2.24, 2.45) is 17.8 Å². The van der Waals surface area contributed by atoms with Gasteiger partial charge in [-0.1, -0.05) is 54.6 Å². The highest BCUT2D eigenvalue weighted by Gasteiger charge is 2.41. The minimum absolute atomic E-state index is 0.00453. The number of benzene rings is 7. The Labute approximate surface area is 670 Å². The Bertz CT molecular complexity index is 5810. The van der Waals surface area contributed by atoms with Gasteiger partial charge in [0.15, 0.2) is 0 Å². The minimum Gasteiger partial charge on any atom is -0.495 e. The fourth-order valence-electron chi connectivity index (χ4n) is 16.7. The SMILES string of the molecule is COCCCN1C(=O)c2cccc3c(CC(=O)C4CCCN(S(=O)(=O)c5ccc6oc(=O)ccc6c5)C4)ccc1c23.COCCCN1C(=O)c2cccc3c(CC(=O)C4CCCN(S(=O)(=O)c5cccs5)C4)c(C)cc1c23.COCCCN1C(=O)c2cccc3c(CC(=O)C4CCCN(S(=O)(=O)c5cccs5)C4)cc(OC)c1c23. The first-order valence-electron chi connectivity index (χ1n) is 38.3. The number of hydrogen-bond acceptors (Lipinski definition) is 20. The Morgan fingerprint density at radius 2 is 0.947 bits per heavy atom. The van der Waals surface area contributed by atoms with Crippen LogP contribution in [0.15, 0.2) is 167 Å². The van der Waals surface area contributed by atoms with Gasteiger partial charge in [-0.3, -0.25) is 28.8 Å². The van der Waals surface area contributed by atoms with Gasteiger partial charge in [0.2, 0.25) is 10.0 Å². The van der Waals surface area contributed by atoms with Crippen molar-refractivity contribution < 1.29 is 77.4 Å². The quantitative estimate of drug-likeness (QED) is 0.0325. The molecular weight excluding hydrogens is 1550 g/mol. The molecule has 3 fully saturated rings. The molecule has 24 nitrogen and oxygen atoms in total. The van der Waals surface area contributed by atoms with Crippen molar-refractivity contribution in [1.29, 1.82) is 0 Å². The number of ether oxygens (including phenoxy) is 4. The van der Waals surface area contributed by atoms with Crippen LogP contribution >= 0.6 is 22.7 Å². The van der Waals surface area contributed by atoms with Crippen LogP contribution in [0.25, 0.3) is 43.3 Å². The molecule has 3 atom stereocenters. The van der Waals surface area contributed by atoms with Gasteiger partial charge in [0, 0.05) is 181 Å². The van der Waals surface area contributed by atoms with E-state index in [4.69, 9.17) is 23.4 Å². The van der Waals surface area contributed by atoms with Crippen molar-refractivity contribution in [3.8, 4) is 5.75 Å². The number of sulfonamides is 3. The summed E-state index contributed by atoms with van der Waals surface area (Å²) in [7, 11) is -4.55. The Morgan fingerprint density at radius 1 is 0.474 bits per heavy atom. The fourth-order valence-corrected chi connectivity index (χ4v) is 23.6. The van der Waals surface area contributed by atoms with Gasteiger partial charge >= 0.3 is 5.63 Å². The number of Topliss-reactive ketones (excluding diaryl/α,β-unsaturated/α-hetero) is 3. The molecule has 7 aromatic carbocycles. The number of amides is 3. The van der Waals surface area contributed by atoms with Gasteiger partial charge in [-0.2, -0.15) is 12.9 Å². The minimum atomic E-state index is -3.85. The van der Waals surface area contributed by atoms with Gasteiger partial charge in [0.1, 0.15) is 37.1 Å². The highest BCUT2D eigenvalue weighted by molar-refractivity contribution is 7.91. The van der Waals surface area contributed by atoms with E-state index in [1.807, 2.05) is 90.7 Å². The van der Waals surface area contributed by atoms with Crippen LogP contribution in [-0.2, 0) is 77.9 Å². The molecular formula is C85H90N6O18S5. The molecule has 29 heteroatoms. The number of rotatable bonds is 28. The molecule has 16 rings (SSSR count). The molecule has 9 heterocycles. The normalized spacial score (nSPS) is 18.0. The van der Waals surface area contributed by atoms with Crippen molar-refractivity contribution in [2.45, 2.75) is 97.3 Å². The first-order valence-corrected chi connectivity index (χ1v) is 44.4. The number of fused-ring (bicyclic) bond motifs is 1. The first-order chi connectivity index (χ1) is 55.0. The third-order valence-corrected chi connectivity index (χ3v) is 30.8. The second-order valence-electron chi connectivity index (χ2n) is 29.5. The van der Waals surface area contributed by atoms with E-state index in [1.54, 1.807) is 73.3 Å². The number of carbonyl (C=O) groups excluding carboxylic acids is 6. The molecule has 0 aliphatic carbocycles. The largest absolute Gasteiger partial charge is 0.495 e.